The van der Waals surface area contributed by atoms with Crippen molar-refractivity contribution in [3.05, 3.63) is 75.2 Å². The zero-order valence-electron chi connectivity index (χ0n) is 26.6. The third kappa shape index (κ3) is 9.10. The topological polar surface area (TPSA) is 125 Å². The highest BCUT2D eigenvalue weighted by atomic mass is 32.2. The Balaban J connectivity index is 1.47. The Hall–Kier alpha value is -3.36. The number of nitrogens with zero attached hydrogens (tertiary/aromatic N) is 3. The van der Waals surface area contributed by atoms with Crippen LogP contribution in [0.3, 0.4) is 0 Å². The molecule has 0 N–H and O–H groups in total. The Morgan fingerprint density at radius 2 is 1.78 bits per heavy atom. The summed E-state index contributed by atoms with van der Waals surface area (Å²) in [6, 6.07) is 13.4. The number of aryl methyl sites for hydroxylation is 1. The fourth-order valence-corrected chi connectivity index (χ4v) is 6.95. The molecule has 0 radical (unpaired) electrons. The molecule has 1 atom stereocenters. The van der Waals surface area contributed by atoms with Crippen LogP contribution in [0.5, 0.6) is 11.5 Å². The van der Waals surface area contributed by atoms with E-state index >= 15 is 0 Å². The summed E-state index contributed by atoms with van der Waals surface area (Å²) in [6.07, 6.45) is 1.04. The van der Waals surface area contributed by atoms with Crippen LogP contribution in [0, 0.1) is 6.92 Å². The fourth-order valence-electron chi connectivity index (χ4n) is 5.04. The highest BCUT2D eigenvalue weighted by Crippen LogP contribution is 2.30. The summed E-state index contributed by atoms with van der Waals surface area (Å²) in [5.41, 5.74) is 2.39. The number of benzene rings is 2. The molecule has 1 aromatic heterocycles. The molecule has 3 aromatic rings. The second-order valence-electron chi connectivity index (χ2n) is 11.4. The normalized spacial score (nSPS) is 16.1. The van der Waals surface area contributed by atoms with Crippen molar-refractivity contribution in [2.75, 3.05) is 46.7 Å². The lowest BCUT2D eigenvalue weighted by atomic mass is 10.1. The Bertz CT molecular complexity index is 1570. The van der Waals surface area contributed by atoms with E-state index in [1.807, 2.05) is 37.3 Å². The lowest BCUT2D eigenvalue weighted by Crippen LogP contribution is -2.39. The van der Waals surface area contributed by atoms with E-state index in [-0.39, 0.29) is 31.3 Å². The molecule has 0 bridgehead atoms. The van der Waals surface area contributed by atoms with E-state index in [1.54, 1.807) is 30.9 Å². The van der Waals surface area contributed by atoms with Crippen LogP contribution in [0.2, 0.25) is 0 Å². The molecule has 45 heavy (non-hydrogen) atoms. The molecule has 244 valence electrons. The molecule has 1 saturated heterocycles. The Morgan fingerprint density at radius 3 is 2.38 bits per heavy atom. The van der Waals surface area contributed by atoms with Crippen LogP contribution in [-0.2, 0) is 32.5 Å². The summed E-state index contributed by atoms with van der Waals surface area (Å²) in [6.45, 7) is 6.28. The van der Waals surface area contributed by atoms with E-state index < -0.39 is 33.5 Å². The van der Waals surface area contributed by atoms with Gasteiger partial charge in [0.1, 0.15) is 28.0 Å². The van der Waals surface area contributed by atoms with E-state index in [0.29, 0.717) is 35.0 Å². The molecule has 1 unspecified atom stereocenters. The average molecular weight is 660 g/mol. The third-order valence-electron chi connectivity index (χ3n) is 7.50. The SMILES string of the molecule is COc1cc(C(=O)N(CCCc2ccccc2)Cc2nc(C(=O)CS(=O)(=O)N(C)CC3COC(C)(C)O3)cs2)cc(OC)c1C. The number of ether oxygens (including phenoxy) is 4. The number of carbonyl (C=O) groups is 2. The van der Waals surface area contributed by atoms with E-state index in [9.17, 15) is 18.0 Å². The summed E-state index contributed by atoms with van der Waals surface area (Å²) < 4.78 is 49.2. The van der Waals surface area contributed by atoms with Crippen molar-refractivity contribution in [2.45, 2.75) is 52.0 Å². The first-order chi connectivity index (χ1) is 21.3. The Morgan fingerprint density at radius 1 is 1.11 bits per heavy atom. The van der Waals surface area contributed by atoms with E-state index in [1.165, 1.54) is 38.0 Å². The Labute approximate surface area is 269 Å². The minimum atomic E-state index is -3.93. The molecule has 0 aliphatic carbocycles. The van der Waals surface area contributed by atoms with Crippen LogP contribution in [0.15, 0.2) is 47.8 Å². The van der Waals surface area contributed by atoms with Crippen LogP contribution in [-0.4, -0.2) is 92.9 Å². The predicted molar refractivity (Wildman–Crippen MR) is 172 cm³/mol. The summed E-state index contributed by atoms with van der Waals surface area (Å²) in [7, 11) is 0.566. The smallest absolute Gasteiger partial charge is 0.254 e. The van der Waals surface area contributed by atoms with Crippen molar-refractivity contribution in [3.8, 4) is 11.5 Å². The number of likely N-dealkylation sites (N-methyl/N-ethyl adjacent to an activating group) is 1. The van der Waals surface area contributed by atoms with Crippen molar-refractivity contribution < 1.29 is 37.0 Å². The number of carbonyl (C=O) groups excluding carboxylic acids is 2. The molecule has 1 aliphatic heterocycles. The molecule has 1 aliphatic rings. The van der Waals surface area contributed by atoms with Crippen molar-refractivity contribution in [1.82, 2.24) is 14.2 Å². The van der Waals surface area contributed by atoms with Gasteiger partial charge >= 0.3 is 0 Å². The second kappa shape index (κ2) is 14.8. The number of aromatic nitrogens is 1. The second-order valence-corrected chi connectivity index (χ2v) is 14.4. The van der Waals surface area contributed by atoms with Crippen LogP contribution in [0.4, 0.5) is 0 Å². The number of thiazole rings is 1. The number of amides is 1. The van der Waals surface area contributed by atoms with Gasteiger partial charge in [0.15, 0.2) is 11.6 Å². The number of methoxy groups -OCH3 is 2. The highest BCUT2D eigenvalue weighted by Gasteiger charge is 2.35. The number of sulfonamides is 1. The molecule has 4 rings (SSSR count). The summed E-state index contributed by atoms with van der Waals surface area (Å²) in [5.74, 6) is -1.31. The first-order valence-electron chi connectivity index (χ1n) is 14.6. The lowest BCUT2D eigenvalue weighted by molar-refractivity contribution is -0.138. The van der Waals surface area contributed by atoms with Gasteiger partial charge in [-0.3, -0.25) is 9.59 Å². The maximum atomic E-state index is 13.8. The van der Waals surface area contributed by atoms with Gasteiger partial charge in [-0.2, -0.15) is 0 Å². The van der Waals surface area contributed by atoms with Crippen molar-refractivity contribution in [2.24, 2.45) is 0 Å². The van der Waals surface area contributed by atoms with E-state index in [2.05, 4.69) is 4.98 Å². The van der Waals surface area contributed by atoms with Gasteiger partial charge in [-0.1, -0.05) is 30.3 Å². The number of rotatable bonds is 15. The van der Waals surface area contributed by atoms with Gasteiger partial charge in [-0.05, 0) is 51.3 Å². The number of ketones is 1. The lowest BCUT2D eigenvalue weighted by Gasteiger charge is -2.23. The highest BCUT2D eigenvalue weighted by molar-refractivity contribution is 7.89. The van der Waals surface area contributed by atoms with Gasteiger partial charge in [0.2, 0.25) is 10.0 Å². The van der Waals surface area contributed by atoms with Gasteiger partial charge in [-0.25, -0.2) is 17.7 Å². The van der Waals surface area contributed by atoms with Crippen LogP contribution in [0.25, 0.3) is 0 Å². The van der Waals surface area contributed by atoms with Gasteiger partial charge < -0.3 is 23.8 Å². The van der Waals surface area contributed by atoms with Gasteiger partial charge in [-0.15, -0.1) is 11.3 Å². The average Bonchev–Trinajstić information content (AvgIpc) is 3.62. The standard InChI is InChI=1S/C32H41N3O8S2/c1-22-28(40-5)15-24(16-29(22)41-6)31(37)35(14-10-13-23-11-8-7-9-12-23)18-30-33-26(20-44-30)27(36)21-45(38,39)34(4)17-25-19-42-32(2,3)43-25/h7-9,11-12,15-16,20,25H,10,13-14,17-19,21H2,1-6H3. The van der Waals surface area contributed by atoms with E-state index in [0.717, 1.165) is 21.9 Å². The third-order valence-corrected chi connectivity index (χ3v) is 10.1. The van der Waals surface area contributed by atoms with Crippen molar-refractivity contribution in [1.29, 1.82) is 0 Å². The molecule has 0 spiro atoms. The first-order valence-corrected chi connectivity index (χ1v) is 17.1. The molecule has 11 nitrogen and oxygen atoms in total. The zero-order chi connectivity index (χ0) is 32.8. The molecule has 2 heterocycles. The number of hydrogen-bond acceptors (Lipinski definition) is 10. The van der Waals surface area contributed by atoms with Crippen molar-refractivity contribution >= 4 is 33.1 Å². The fraction of sp³-hybridized carbons (Fsp3) is 0.469. The molecule has 1 amide bonds. The summed E-state index contributed by atoms with van der Waals surface area (Å²) in [5, 5.41) is 2.05. The molecule has 0 saturated carbocycles. The zero-order valence-corrected chi connectivity index (χ0v) is 28.2. The Kier molecular flexibility index (Phi) is 11.4. The van der Waals surface area contributed by atoms with Gasteiger partial charge in [0, 0.05) is 36.6 Å². The maximum Gasteiger partial charge on any atom is 0.254 e. The molecule has 2 aromatic carbocycles. The molecular formula is C32H41N3O8S2. The van der Waals surface area contributed by atoms with Gasteiger partial charge in [0.25, 0.3) is 5.91 Å². The maximum absolute atomic E-state index is 13.8. The summed E-state index contributed by atoms with van der Waals surface area (Å²) in [4.78, 5) is 33.0. The molecule has 1 fully saturated rings. The number of hydrogen-bond donors (Lipinski definition) is 0. The van der Waals surface area contributed by atoms with E-state index in [4.69, 9.17) is 18.9 Å². The minimum absolute atomic E-state index is 0.0453. The van der Waals surface area contributed by atoms with Crippen LogP contribution < -0.4 is 9.47 Å². The first kappa shape index (κ1) is 34.5. The monoisotopic (exact) mass is 659 g/mol. The van der Waals surface area contributed by atoms with Gasteiger partial charge in [0.05, 0.1) is 33.5 Å². The predicted octanol–water partition coefficient (Wildman–Crippen LogP) is 4.34. The van der Waals surface area contributed by atoms with Crippen molar-refractivity contribution in [3.63, 3.8) is 0 Å². The minimum Gasteiger partial charge on any atom is -0.496 e. The largest absolute Gasteiger partial charge is 0.496 e. The summed E-state index contributed by atoms with van der Waals surface area (Å²) >= 11 is 1.21. The molecule has 13 heteroatoms. The number of Topliss-reactive ketones (excluding diaryl/α,β-unsaturated/α-hetero) is 1. The molecular weight excluding hydrogens is 618 g/mol. The van der Waals surface area contributed by atoms with Crippen LogP contribution >= 0.6 is 11.3 Å². The van der Waals surface area contributed by atoms with Crippen LogP contribution in [0.1, 0.15) is 57.2 Å². The quantitative estimate of drug-likeness (QED) is 0.219.